The van der Waals surface area contributed by atoms with Gasteiger partial charge in [-0.2, -0.15) is 0 Å². The maximum Gasteiger partial charge on any atom is 0.180 e. The first kappa shape index (κ1) is 12.1. The molecule has 0 aliphatic carbocycles. The van der Waals surface area contributed by atoms with Gasteiger partial charge in [0, 0.05) is 5.56 Å². The van der Waals surface area contributed by atoms with Crippen molar-refractivity contribution in [3.05, 3.63) is 29.3 Å². The molecule has 0 N–H and O–H groups in total. The number of ether oxygens (including phenoxy) is 1. The Balaban J connectivity index is 2.97. The maximum atomic E-state index is 11.8. The fourth-order valence-corrected chi connectivity index (χ4v) is 1.52. The van der Waals surface area contributed by atoms with Gasteiger partial charge >= 0.3 is 0 Å². The molecule has 0 aromatic heterocycles. The van der Waals surface area contributed by atoms with Crippen LogP contribution in [-0.2, 0) is 0 Å². The van der Waals surface area contributed by atoms with E-state index in [1.165, 1.54) is 0 Å². The summed E-state index contributed by atoms with van der Waals surface area (Å²) in [4.78, 5) is 11.8. The van der Waals surface area contributed by atoms with Crippen LogP contribution in [-0.4, -0.2) is 18.3 Å². The highest BCUT2D eigenvalue weighted by atomic mass is 35.5. The fourth-order valence-electron chi connectivity index (χ4n) is 1.40. The van der Waals surface area contributed by atoms with Gasteiger partial charge in [-0.3, -0.25) is 4.79 Å². The topological polar surface area (TPSA) is 26.3 Å². The predicted molar refractivity (Wildman–Crippen MR) is 62.0 cm³/mol. The Labute approximate surface area is 95.2 Å². The van der Waals surface area contributed by atoms with Crippen LogP contribution >= 0.6 is 11.6 Å². The molecule has 1 atom stereocenters. The Kier molecular flexibility index (Phi) is 4.15. The number of hydrogen-bond donors (Lipinski definition) is 0. The van der Waals surface area contributed by atoms with Gasteiger partial charge < -0.3 is 4.74 Å². The lowest BCUT2D eigenvalue weighted by Gasteiger charge is -2.08. The SMILES string of the molecule is CCC(Cl)C(=O)c1ccc(OC)c(C)c1. The average molecular weight is 227 g/mol. The molecular weight excluding hydrogens is 212 g/mol. The number of benzene rings is 1. The van der Waals surface area contributed by atoms with E-state index in [1.54, 1.807) is 19.2 Å². The molecule has 1 aromatic carbocycles. The largest absolute Gasteiger partial charge is 0.496 e. The third-order valence-corrected chi connectivity index (χ3v) is 2.83. The molecule has 3 heteroatoms. The van der Waals surface area contributed by atoms with Crippen molar-refractivity contribution in [2.75, 3.05) is 7.11 Å². The highest BCUT2D eigenvalue weighted by Crippen LogP contribution is 2.20. The molecule has 0 amide bonds. The summed E-state index contributed by atoms with van der Waals surface area (Å²) in [7, 11) is 1.61. The Morgan fingerprint density at radius 3 is 2.67 bits per heavy atom. The summed E-state index contributed by atoms with van der Waals surface area (Å²) in [5, 5.41) is -0.433. The minimum Gasteiger partial charge on any atom is -0.496 e. The fraction of sp³-hybridized carbons (Fsp3) is 0.417. The zero-order valence-electron chi connectivity index (χ0n) is 9.21. The molecule has 1 rings (SSSR count). The summed E-state index contributed by atoms with van der Waals surface area (Å²) in [6.07, 6.45) is 0.644. The lowest BCUT2D eigenvalue weighted by Crippen LogP contribution is -2.13. The second kappa shape index (κ2) is 5.17. The summed E-state index contributed by atoms with van der Waals surface area (Å²) in [6.45, 7) is 3.80. The molecule has 0 aliphatic heterocycles. The Morgan fingerprint density at radius 1 is 1.53 bits per heavy atom. The number of rotatable bonds is 4. The molecule has 1 aromatic rings. The van der Waals surface area contributed by atoms with Gasteiger partial charge in [-0.25, -0.2) is 0 Å². The molecule has 15 heavy (non-hydrogen) atoms. The van der Waals surface area contributed by atoms with Crippen molar-refractivity contribution in [2.45, 2.75) is 25.6 Å². The minimum atomic E-state index is -0.433. The van der Waals surface area contributed by atoms with Gasteiger partial charge in [0.05, 0.1) is 12.5 Å². The number of carbonyl (C=O) groups excluding carboxylic acids is 1. The van der Waals surface area contributed by atoms with Gasteiger partial charge in [-0.15, -0.1) is 11.6 Å². The Bertz CT molecular complexity index is 361. The first-order valence-electron chi connectivity index (χ1n) is 4.93. The number of halogens is 1. The monoisotopic (exact) mass is 226 g/mol. The zero-order valence-corrected chi connectivity index (χ0v) is 9.97. The highest BCUT2D eigenvalue weighted by Gasteiger charge is 2.15. The van der Waals surface area contributed by atoms with E-state index >= 15 is 0 Å². The molecule has 0 radical (unpaired) electrons. The second-order valence-corrected chi connectivity index (χ2v) is 3.95. The van der Waals surface area contributed by atoms with Crippen LogP contribution in [0.4, 0.5) is 0 Å². The van der Waals surface area contributed by atoms with E-state index in [2.05, 4.69) is 0 Å². The van der Waals surface area contributed by atoms with E-state index in [-0.39, 0.29) is 5.78 Å². The van der Waals surface area contributed by atoms with Gasteiger partial charge in [0.15, 0.2) is 5.78 Å². The number of alkyl halides is 1. The van der Waals surface area contributed by atoms with Crippen LogP contribution in [0, 0.1) is 6.92 Å². The van der Waals surface area contributed by atoms with Crippen LogP contribution in [0.15, 0.2) is 18.2 Å². The number of methoxy groups -OCH3 is 1. The number of aryl methyl sites for hydroxylation is 1. The first-order chi connectivity index (χ1) is 7.10. The molecule has 0 fully saturated rings. The van der Waals surface area contributed by atoms with Gasteiger partial charge in [0.2, 0.25) is 0 Å². The minimum absolute atomic E-state index is 0.0232. The summed E-state index contributed by atoms with van der Waals surface area (Å²) in [5.41, 5.74) is 1.60. The van der Waals surface area contributed by atoms with Crippen molar-refractivity contribution in [1.29, 1.82) is 0 Å². The molecule has 0 bridgehead atoms. The maximum absolute atomic E-state index is 11.8. The van der Waals surface area contributed by atoms with Crippen molar-refractivity contribution in [3.8, 4) is 5.75 Å². The third-order valence-electron chi connectivity index (χ3n) is 2.32. The van der Waals surface area contributed by atoms with Crippen LogP contribution in [0.2, 0.25) is 0 Å². The van der Waals surface area contributed by atoms with Crippen LogP contribution in [0.25, 0.3) is 0 Å². The Morgan fingerprint density at radius 2 is 2.20 bits per heavy atom. The second-order valence-electron chi connectivity index (χ2n) is 3.42. The van der Waals surface area contributed by atoms with Gasteiger partial charge in [0.1, 0.15) is 5.75 Å². The molecule has 0 spiro atoms. The van der Waals surface area contributed by atoms with E-state index in [4.69, 9.17) is 16.3 Å². The van der Waals surface area contributed by atoms with Crippen LogP contribution in [0.5, 0.6) is 5.75 Å². The molecule has 2 nitrogen and oxygen atoms in total. The van der Waals surface area contributed by atoms with Crippen molar-refractivity contribution < 1.29 is 9.53 Å². The summed E-state index contributed by atoms with van der Waals surface area (Å²) < 4.78 is 5.12. The Hall–Kier alpha value is -1.02. The van der Waals surface area contributed by atoms with Gasteiger partial charge in [0.25, 0.3) is 0 Å². The van der Waals surface area contributed by atoms with Crippen molar-refractivity contribution in [3.63, 3.8) is 0 Å². The van der Waals surface area contributed by atoms with Crippen LogP contribution in [0.1, 0.15) is 29.3 Å². The van der Waals surface area contributed by atoms with Gasteiger partial charge in [-0.1, -0.05) is 6.92 Å². The van der Waals surface area contributed by atoms with E-state index < -0.39 is 5.38 Å². The smallest absolute Gasteiger partial charge is 0.180 e. The molecule has 1 unspecified atom stereocenters. The predicted octanol–water partition coefficient (Wildman–Crippen LogP) is 3.20. The number of hydrogen-bond acceptors (Lipinski definition) is 2. The van der Waals surface area contributed by atoms with Crippen molar-refractivity contribution >= 4 is 17.4 Å². The van der Waals surface area contributed by atoms with Crippen molar-refractivity contribution in [1.82, 2.24) is 0 Å². The van der Waals surface area contributed by atoms with E-state index in [0.717, 1.165) is 11.3 Å². The summed E-state index contributed by atoms with van der Waals surface area (Å²) in [5.74, 6) is 0.763. The van der Waals surface area contributed by atoms with Crippen LogP contribution < -0.4 is 4.74 Å². The molecular formula is C12H15ClO2. The normalized spacial score (nSPS) is 12.3. The van der Waals surface area contributed by atoms with E-state index in [1.807, 2.05) is 19.9 Å². The number of carbonyl (C=O) groups is 1. The quantitative estimate of drug-likeness (QED) is 0.582. The molecule has 82 valence electrons. The lowest BCUT2D eigenvalue weighted by molar-refractivity contribution is 0.0985. The first-order valence-corrected chi connectivity index (χ1v) is 5.36. The molecule has 0 saturated heterocycles. The molecule has 0 aliphatic rings. The average Bonchev–Trinajstić information content (AvgIpc) is 2.26. The lowest BCUT2D eigenvalue weighted by atomic mass is 10.0. The highest BCUT2D eigenvalue weighted by molar-refractivity contribution is 6.33. The van der Waals surface area contributed by atoms with E-state index in [9.17, 15) is 4.79 Å². The third kappa shape index (κ3) is 2.72. The van der Waals surface area contributed by atoms with Gasteiger partial charge in [-0.05, 0) is 37.1 Å². The summed E-state index contributed by atoms with van der Waals surface area (Å²) in [6, 6.07) is 5.35. The molecule has 0 saturated carbocycles. The van der Waals surface area contributed by atoms with Crippen LogP contribution in [0.3, 0.4) is 0 Å². The molecule has 0 heterocycles. The van der Waals surface area contributed by atoms with Crippen molar-refractivity contribution in [2.24, 2.45) is 0 Å². The number of Topliss-reactive ketones (excluding diaryl/α,β-unsaturated/α-hetero) is 1. The number of ketones is 1. The standard InChI is InChI=1S/C12H15ClO2/c1-4-10(13)12(14)9-5-6-11(15-3)8(2)7-9/h5-7,10H,4H2,1-3H3. The van der Waals surface area contributed by atoms with E-state index in [0.29, 0.717) is 12.0 Å². The zero-order chi connectivity index (χ0) is 11.4. The summed E-state index contributed by atoms with van der Waals surface area (Å²) >= 11 is 5.90.